The Hall–Kier alpha value is -2.14. The Morgan fingerprint density at radius 2 is 2.08 bits per heavy atom. The van der Waals surface area contributed by atoms with Crippen LogP contribution in [0.15, 0.2) is 40.9 Å². The lowest BCUT2D eigenvalue weighted by molar-refractivity contribution is 0.0921. The minimum absolute atomic E-state index is 0.118. The molecule has 5 heteroatoms. The van der Waals surface area contributed by atoms with E-state index in [2.05, 4.69) is 59.6 Å². The smallest absolute Gasteiger partial charge is 0.273 e. The van der Waals surface area contributed by atoms with Gasteiger partial charge in [0.15, 0.2) is 5.69 Å². The Kier molecular flexibility index (Phi) is 4.81. The Morgan fingerprint density at radius 1 is 1.31 bits per heavy atom. The van der Waals surface area contributed by atoms with Gasteiger partial charge in [-0.15, -0.1) is 0 Å². The van der Waals surface area contributed by atoms with Gasteiger partial charge in [0.25, 0.3) is 5.91 Å². The first-order valence-electron chi connectivity index (χ1n) is 9.72. The summed E-state index contributed by atoms with van der Waals surface area (Å²) < 4.78 is 5.31. The quantitative estimate of drug-likeness (QED) is 0.859. The van der Waals surface area contributed by atoms with Crippen LogP contribution in [0.5, 0.6) is 0 Å². The van der Waals surface area contributed by atoms with E-state index in [1.807, 2.05) is 6.07 Å². The van der Waals surface area contributed by atoms with Gasteiger partial charge in [0.1, 0.15) is 5.76 Å². The Labute approximate surface area is 154 Å². The lowest BCUT2D eigenvalue weighted by atomic mass is 10.0. The lowest BCUT2D eigenvalue weighted by Crippen LogP contribution is -2.40. The average Bonchev–Trinajstić information content (AvgIpc) is 3.27. The van der Waals surface area contributed by atoms with Gasteiger partial charge in [0.2, 0.25) is 0 Å². The van der Waals surface area contributed by atoms with Crippen LogP contribution < -0.4 is 5.32 Å². The van der Waals surface area contributed by atoms with E-state index in [-0.39, 0.29) is 11.9 Å². The third-order valence-corrected chi connectivity index (χ3v) is 5.71. The number of hydrogen-bond donors (Lipinski definition) is 1. The van der Waals surface area contributed by atoms with E-state index in [0.717, 1.165) is 38.1 Å². The van der Waals surface area contributed by atoms with Crippen molar-refractivity contribution < 1.29 is 9.32 Å². The second-order valence-corrected chi connectivity index (χ2v) is 7.73. The highest BCUT2D eigenvalue weighted by Gasteiger charge is 2.35. The number of rotatable bonds is 6. The molecule has 1 aromatic heterocycles. The van der Waals surface area contributed by atoms with Crippen molar-refractivity contribution in [2.75, 3.05) is 13.1 Å². The molecule has 0 bridgehead atoms. The molecular formula is C21H27N3O2. The molecule has 1 saturated carbocycles. The van der Waals surface area contributed by atoms with Crippen LogP contribution in [0, 0.1) is 5.92 Å². The first-order chi connectivity index (χ1) is 12.7. The van der Waals surface area contributed by atoms with Crippen LogP contribution in [-0.4, -0.2) is 35.1 Å². The second-order valence-electron chi connectivity index (χ2n) is 7.73. The van der Waals surface area contributed by atoms with E-state index in [1.54, 1.807) is 0 Å². The van der Waals surface area contributed by atoms with E-state index < -0.39 is 0 Å². The van der Waals surface area contributed by atoms with Gasteiger partial charge in [0.05, 0.1) is 0 Å². The van der Waals surface area contributed by atoms with E-state index >= 15 is 0 Å². The highest BCUT2D eigenvalue weighted by Crippen LogP contribution is 2.40. The Bertz CT molecular complexity index is 754. The van der Waals surface area contributed by atoms with Crippen molar-refractivity contribution in [1.82, 2.24) is 15.4 Å². The third kappa shape index (κ3) is 3.54. The normalized spacial score (nSPS) is 24.5. The molecule has 3 atom stereocenters. The standard InChI is InChI=1S/C21H27N3O2/c1-3-19(15-7-5-4-6-8-15)24-12-14(2)18(13-24)22-21(25)17-11-20(26-23-17)16-9-10-16/h4-8,11,14,16,18-19H,3,9-10,12-13H2,1-2H3,(H,22,25)/t14-,18+,19?/m0/s1. The maximum atomic E-state index is 12.6. The number of nitrogens with zero attached hydrogens (tertiary/aromatic N) is 2. The molecule has 0 spiro atoms. The molecule has 26 heavy (non-hydrogen) atoms. The number of benzene rings is 1. The summed E-state index contributed by atoms with van der Waals surface area (Å²) in [6.45, 7) is 6.29. The summed E-state index contributed by atoms with van der Waals surface area (Å²) in [6.07, 6.45) is 3.34. The molecule has 1 aliphatic heterocycles. The molecule has 2 aliphatic rings. The van der Waals surface area contributed by atoms with Crippen molar-refractivity contribution in [2.45, 2.75) is 51.1 Å². The summed E-state index contributed by atoms with van der Waals surface area (Å²) in [6, 6.07) is 13.0. The molecule has 1 aromatic carbocycles. The van der Waals surface area contributed by atoms with E-state index in [4.69, 9.17) is 4.52 Å². The highest BCUT2D eigenvalue weighted by atomic mass is 16.5. The van der Waals surface area contributed by atoms with Crippen molar-refractivity contribution in [3.05, 3.63) is 53.4 Å². The van der Waals surface area contributed by atoms with Crippen LogP contribution in [0.4, 0.5) is 0 Å². The number of hydrogen-bond acceptors (Lipinski definition) is 4. The van der Waals surface area contributed by atoms with Gasteiger partial charge in [-0.1, -0.05) is 49.3 Å². The van der Waals surface area contributed by atoms with Crippen molar-refractivity contribution in [1.29, 1.82) is 0 Å². The summed E-state index contributed by atoms with van der Waals surface area (Å²) in [7, 11) is 0. The summed E-state index contributed by atoms with van der Waals surface area (Å²) in [5.74, 6) is 1.62. The summed E-state index contributed by atoms with van der Waals surface area (Å²) in [5, 5.41) is 7.14. The van der Waals surface area contributed by atoms with Crippen molar-refractivity contribution >= 4 is 5.91 Å². The minimum atomic E-state index is -0.118. The summed E-state index contributed by atoms with van der Waals surface area (Å²) in [4.78, 5) is 15.1. The van der Waals surface area contributed by atoms with Crippen LogP contribution >= 0.6 is 0 Å². The molecule has 138 valence electrons. The van der Waals surface area contributed by atoms with Crippen LogP contribution in [0.1, 0.15) is 66.9 Å². The number of aromatic nitrogens is 1. The van der Waals surface area contributed by atoms with Gasteiger partial charge in [0, 0.05) is 37.2 Å². The Morgan fingerprint density at radius 3 is 2.77 bits per heavy atom. The van der Waals surface area contributed by atoms with Gasteiger partial charge in [-0.2, -0.15) is 0 Å². The first-order valence-corrected chi connectivity index (χ1v) is 9.72. The van der Waals surface area contributed by atoms with Crippen LogP contribution in [0.2, 0.25) is 0 Å². The van der Waals surface area contributed by atoms with E-state index in [9.17, 15) is 4.79 Å². The van der Waals surface area contributed by atoms with E-state index in [0.29, 0.717) is 23.6 Å². The fraction of sp³-hybridized carbons (Fsp3) is 0.524. The van der Waals surface area contributed by atoms with Gasteiger partial charge in [-0.3, -0.25) is 9.69 Å². The van der Waals surface area contributed by atoms with Crippen LogP contribution in [0.3, 0.4) is 0 Å². The molecule has 1 unspecified atom stereocenters. The van der Waals surface area contributed by atoms with Gasteiger partial charge in [-0.05, 0) is 30.7 Å². The zero-order valence-electron chi connectivity index (χ0n) is 15.5. The topological polar surface area (TPSA) is 58.4 Å². The molecule has 1 N–H and O–H groups in total. The molecule has 1 aliphatic carbocycles. The van der Waals surface area contributed by atoms with Crippen molar-refractivity contribution in [2.24, 2.45) is 5.92 Å². The van der Waals surface area contributed by atoms with E-state index in [1.165, 1.54) is 5.56 Å². The number of carbonyl (C=O) groups excluding carboxylic acids is 1. The molecule has 4 rings (SSSR count). The monoisotopic (exact) mass is 353 g/mol. The molecule has 2 fully saturated rings. The predicted octanol–water partition coefficient (Wildman–Crippen LogP) is 3.75. The number of likely N-dealkylation sites (tertiary alicyclic amines) is 1. The molecule has 5 nitrogen and oxygen atoms in total. The number of nitrogens with one attached hydrogen (secondary N) is 1. The highest BCUT2D eigenvalue weighted by molar-refractivity contribution is 5.92. The zero-order chi connectivity index (χ0) is 18.1. The molecule has 1 amide bonds. The third-order valence-electron chi connectivity index (χ3n) is 5.71. The molecule has 1 saturated heterocycles. The number of amides is 1. The van der Waals surface area contributed by atoms with Crippen LogP contribution in [0.25, 0.3) is 0 Å². The van der Waals surface area contributed by atoms with Crippen LogP contribution in [-0.2, 0) is 0 Å². The molecule has 0 radical (unpaired) electrons. The SMILES string of the molecule is CCC(c1ccccc1)N1C[C@H](C)[C@H](NC(=O)c2cc(C3CC3)on2)C1. The van der Waals surface area contributed by atoms with Crippen molar-refractivity contribution in [3.8, 4) is 0 Å². The van der Waals surface area contributed by atoms with Gasteiger partial charge < -0.3 is 9.84 Å². The summed E-state index contributed by atoms with van der Waals surface area (Å²) in [5.41, 5.74) is 1.76. The molecular weight excluding hydrogens is 326 g/mol. The predicted molar refractivity (Wildman–Crippen MR) is 99.9 cm³/mol. The summed E-state index contributed by atoms with van der Waals surface area (Å²) >= 11 is 0. The first kappa shape index (κ1) is 17.3. The fourth-order valence-corrected chi connectivity index (χ4v) is 4.03. The Balaban J connectivity index is 1.40. The molecule has 2 heterocycles. The van der Waals surface area contributed by atoms with Gasteiger partial charge >= 0.3 is 0 Å². The molecule has 2 aromatic rings. The largest absolute Gasteiger partial charge is 0.360 e. The van der Waals surface area contributed by atoms with Gasteiger partial charge in [-0.25, -0.2) is 0 Å². The fourth-order valence-electron chi connectivity index (χ4n) is 4.03. The van der Waals surface area contributed by atoms with Crippen molar-refractivity contribution in [3.63, 3.8) is 0 Å². The lowest BCUT2D eigenvalue weighted by Gasteiger charge is -2.27. The minimum Gasteiger partial charge on any atom is -0.360 e. The maximum Gasteiger partial charge on any atom is 0.273 e. The second kappa shape index (κ2) is 7.23. The average molecular weight is 353 g/mol. The maximum absolute atomic E-state index is 12.6. The zero-order valence-corrected chi connectivity index (χ0v) is 15.5. The number of carbonyl (C=O) groups is 1.